The molecule has 200 valence electrons. The Bertz CT molecular complexity index is 1790. The standard InChI is InChI=1S/C36H28N2O3/c1-40-34-16-8-5-13-30(34)27-12-9-22-36(24-27,23-21-33(39)26-10-3-2-4-11-26)28-17-19-29(20-18-28)41-35-25-37-31-14-6-7-15-32(31)38-35/h2-23,25H,24H2,1H3/b23-21+. The molecule has 0 spiro atoms. The molecule has 5 aromatic rings. The van der Waals surface area contributed by atoms with Gasteiger partial charge in [-0.25, -0.2) is 9.97 Å². The largest absolute Gasteiger partial charge is 0.496 e. The number of rotatable bonds is 8. The Morgan fingerprint density at radius 2 is 1.59 bits per heavy atom. The Hall–Kier alpha value is -5.29. The minimum absolute atomic E-state index is 0.0402. The van der Waals surface area contributed by atoms with Crippen LogP contribution in [0, 0.1) is 0 Å². The average molecular weight is 537 g/mol. The van der Waals surface area contributed by atoms with E-state index in [0.717, 1.165) is 33.5 Å². The van der Waals surface area contributed by atoms with E-state index >= 15 is 0 Å². The number of fused-ring (bicyclic) bond motifs is 1. The number of benzene rings is 4. The summed E-state index contributed by atoms with van der Waals surface area (Å²) in [4.78, 5) is 22.1. The van der Waals surface area contributed by atoms with Gasteiger partial charge in [0.1, 0.15) is 11.5 Å². The molecule has 1 aliphatic carbocycles. The van der Waals surface area contributed by atoms with Crippen molar-refractivity contribution in [2.75, 3.05) is 7.11 Å². The fraction of sp³-hybridized carbons (Fsp3) is 0.0833. The Morgan fingerprint density at radius 1 is 0.854 bits per heavy atom. The second kappa shape index (κ2) is 11.4. The van der Waals surface area contributed by atoms with Gasteiger partial charge in [-0.1, -0.05) is 97.1 Å². The first-order valence-electron chi connectivity index (χ1n) is 13.4. The lowest BCUT2D eigenvalue weighted by atomic mass is 9.71. The van der Waals surface area contributed by atoms with Crippen molar-refractivity contribution in [1.29, 1.82) is 0 Å². The van der Waals surface area contributed by atoms with Crippen molar-refractivity contribution in [2.24, 2.45) is 0 Å². The van der Waals surface area contributed by atoms with E-state index in [9.17, 15) is 4.79 Å². The molecular weight excluding hydrogens is 508 g/mol. The number of nitrogens with zero attached hydrogens (tertiary/aromatic N) is 2. The zero-order chi connectivity index (χ0) is 28.1. The molecule has 1 atom stereocenters. The Labute approximate surface area is 239 Å². The van der Waals surface area contributed by atoms with Gasteiger partial charge < -0.3 is 9.47 Å². The second-order valence-electron chi connectivity index (χ2n) is 9.86. The van der Waals surface area contributed by atoms with Gasteiger partial charge in [-0.3, -0.25) is 4.79 Å². The van der Waals surface area contributed by atoms with Gasteiger partial charge in [0, 0.05) is 16.5 Å². The molecule has 41 heavy (non-hydrogen) atoms. The minimum atomic E-state index is -0.559. The molecule has 0 saturated carbocycles. The summed E-state index contributed by atoms with van der Waals surface area (Å²) >= 11 is 0. The Balaban J connectivity index is 1.33. The second-order valence-corrected chi connectivity index (χ2v) is 9.86. The highest BCUT2D eigenvalue weighted by atomic mass is 16.5. The SMILES string of the molecule is COc1ccccc1C1=CC=CC(/C=C/C(=O)c2ccccc2)(c2ccc(Oc3cnc4ccccc4n3)cc2)C1. The molecule has 1 heterocycles. The number of para-hydroxylation sites is 3. The molecule has 0 amide bonds. The molecule has 5 nitrogen and oxygen atoms in total. The highest BCUT2D eigenvalue weighted by Crippen LogP contribution is 2.43. The van der Waals surface area contributed by atoms with Gasteiger partial charge in [0.05, 0.1) is 24.3 Å². The molecule has 5 heteroatoms. The fourth-order valence-corrected chi connectivity index (χ4v) is 5.14. The third-order valence-electron chi connectivity index (χ3n) is 7.26. The first-order valence-corrected chi connectivity index (χ1v) is 13.4. The van der Waals surface area contributed by atoms with Crippen molar-refractivity contribution < 1.29 is 14.3 Å². The number of carbonyl (C=O) groups excluding carboxylic acids is 1. The summed E-state index contributed by atoms with van der Waals surface area (Å²) in [5.74, 6) is 1.85. The smallest absolute Gasteiger partial charge is 0.238 e. The van der Waals surface area contributed by atoms with Crippen molar-refractivity contribution in [3.05, 3.63) is 156 Å². The molecule has 1 aromatic heterocycles. The van der Waals surface area contributed by atoms with Crippen LogP contribution in [0.2, 0.25) is 0 Å². The van der Waals surface area contributed by atoms with Gasteiger partial charge in [-0.2, -0.15) is 0 Å². The molecule has 0 aliphatic heterocycles. The number of aromatic nitrogens is 2. The molecule has 4 aromatic carbocycles. The zero-order valence-corrected chi connectivity index (χ0v) is 22.6. The first kappa shape index (κ1) is 26.0. The predicted molar refractivity (Wildman–Crippen MR) is 162 cm³/mol. The van der Waals surface area contributed by atoms with Crippen LogP contribution in [0.25, 0.3) is 16.6 Å². The third kappa shape index (κ3) is 5.56. The van der Waals surface area contributed by atoms with Gasteiger partial charge in [0.25, 0.3) is 0 Å². The maximum Gasteiger partial charge on any atom is 0.238 e. The first-order chi connectivity index (χ1) is 20.1. The molecule has 0 fully saturated rings. The van der Waals surface area contributed by atoms with Crippen LogP contribution < -0.4 is 9.47 Å². The highest BCUT2D eigenvalue weighted by Gasteiger charge is 2.31. The van der Waals surface area contributed by atoms with Crippen LogP contribution >= 0.6 is 0 Å². The molecule has 6 rings (SSSR count). The van der Waals surface area contributed by atoms with Crippen LogP contribution in [0.4, 0.5) is 0 Å². The van der Waals surface area contributed by atoms with E-state index in [-0.39, 0.29) is 5.78 Å². The average Bonchev–Trinajstić information content (AvgIpc) is 3.04. The van der Waals surface area contributed by atoms with E-state index in [2.05, 4.69) is 34.3 Å². The Kier molecular flexibility index (Phi) is 7.25. The minimum Gasteiger partial charge on any atom is -0.496 e. The summed E-state index contributed by atoms with van der Waals surface area (Å²) in [5.41, 5.74) is 4.86. The fourth-order valence-electron chi connectivity index (χ4n) is 5.14. The van der Waals surface area contributed by atoms with Crippen LogP contribution in [0.5, 0.6) is 17.4 Å². The quantitative estimate of drug-likeness (QED) is 0.148. The van der Waals surface area contributed by atoms with Gasteiger partial charge in [0.15, 0.2) is 5.78 Å². The van der Waals surface area contributed by atoms with E-state index < -0.39 is 5.41 Å². The monoisotopic (exact) mass is 536 g/mol. The lowest BCUT2D eigenvalue weighted by Gasteiger charge is -2.32. The summed E-state index contributed by atoms with van der Waals surface area (Å²) in [5, 5.41) is 0. The van der Waals surface area contributed by atoms with Crippen LogP contribution in [0.15, 0.2) is 140 Å². The highest BCUT2D eigenvalue weighted by molar-refractivity contribution is 6.04. The van der Waals surface area contributed by atoms with Gasteiger partial charge in [0.2, 0.25) is 5.88 Å². The molecule has 0 bridgehead atoms. The van der Waals surface area contributed by atoms with E-state index in [1.165, 1.54) is 0 Å². The maximum absolute atomic E-state index is 13.1. The predicted octanol–water partition coefficient (Wildman–Crippen LogP) is 8.15. The van der Waals surface area contributed by atoms with Crippen molar-refractivity contribution in [1.82, 2.24) is 9.97 Å². The number of carbonyl (C=O) groups is 1. The molecule has 0 radical (unpaired) electrons. The number of allylic oxidation sites excluding steroid dienone is 6. The van der Waals surface area contributed by atoms with E-state index in [1.807, 2.05) is 103 Å². The van der Waals surface area contributed by atoms with Crippen LogP contribution in [0.1, 0.15) is 27.9 Å². The molecule has 0 saturated heterocycles. The third-order valence-corrected chi connectivity index (χ3v) is 7.26. The van der Waals surface area contributed by atoms with Crippen LogP contribution in [-0.4, -0.2) is 22.9 Å². The summed E-state index contributed by atoms with van der Waals surface area (Å²) in [7, 11) is 1.68. The van der Waals surface area contributed by atoms with Crippen molar-refractivity contribution in [2.45, 2.75) is 11.8 Å². The van der Waals surface area contributed by atoms with Gasteiger partial charge >= 0.3 is 0 Å². The Morgan fingerprint density at radius 3 is 2.39 bits per heavy atom. The zero-order valence-electron chi connectivity index (χ0n) is 22.6. The number of ketones is 1. The van der Waals surface area contributed by atoms with E-state index in [1.54, 1.807) is 19.4 Å². The molecule has 1 unspecified atom stereocenters. The van der Waals surface area contributed by atoms with Crippen molar-refractivity contribution in [3.8, 4) is 17.4 Å². The number of hydrogen-bond acceptors (Lipinski definition) is 5. The van der Waals surface area contributed by atoms with Crippen LogP contribution in [0.3, 0.4) is 0 Å². The number of hydrogen-bond donors (Lipinski definition) is 0. The molecule has 1 aliphatic rings. The maximum atomic E-state index is 13.1. The molecule has 0 N–H and O–H groups in total. The summed E-state index contributed by atoms with van der Waals surface area (Å²) in [6.45, 7) is 0. The van der Waals surface area contributed by atoms with E-state index in [4.69, 9.17) is 9.47 Å². The summed E-state index contributed by atoms with van der Waals surface area (Å²) in [6.07, 6.45) is 12.3. The van der Waals surface area contributed by atoms with Gasteiger partial charge in [-0.05, 0) is 54.0 Å². The summed E-state index contributed by atoms with van der Waals surface area (Å²) < 4.78 is 11.7. The lowest BCUT2D eigenvalue weighted by Crippen LogP contribution is -2.23. The van der Waals surface area contributed by atoms with Crippen molar-refractivity contribution >= 4 is 22.4 Å². The van der Waals surface area contributed by atoms with Crippen LogP contribution in [-0.2, 0) is 5.41 Å². The number of ether oxygens (including phenoxy) is 2. The molecular formula is C36H28N2O3. The van der Waals surface area contributed by atoms with Gasteiger partial charge in [-0.15, -0.1) is 0 Å². The van der Waals surface area contributed by atoms with Crippen molar-refractivity contribution in [3.63, 3.8) is 0 Å². The normalized spacial score (nSPS) is 16.5. The lowest BCUT2D eigenvalue weighted by molar-refractivity contribution is 0.104. The number of methoxy groups -OCH3 is 1. The summed E-state index contributed by atoms with van der Waals surface area (Å²) in [6, 6.07) is 32.9. The topological polar surface area (TPSA) is 61.3 Å². The van der Waals surface area contributed by atoms with E-state index in [0.29, 0.717) is 23.6 Å².